The van der Waals surface area contributed by atoms with Crippen molar-refractivity contribution in [2.24, 2.45) is 0 Å². The summed E-state index contributed by atoms with van der Waals surface area (Å²) in [6.45, 7) is 0.616. The Morgan fingerprint density at radius 1 is 0.885 bits per heavy atom. The van der Waals surface area contributed by atoms with Crippen molar-refractivity contribution in [2.45, 2.75) is 6.54 Å². The number of hydrogen-bond donors (Lipinski definition) is 1. The van der Waals surface area contributed by atoms with Crippen LogP contribution in [-0.2, 0) is 6.54 Å². The zero-order valence-corrected chi connectivity index (χ0v) is 15.5. The molecule has 0 aliphatic heterocycles. The highest BCUT2D eigenvalue weighted by molar-refractivity contribution is 9.10. The van der Waals surface area contributed by atoms with Gasteiger partial charge in [0, 0.05) is 22.0 Å². The van der Waals surface area contributed by atoms with Crippen molar-refractivity contribution in [3.63, 3.8) is 0 Å². The average molecular weight is 406 g/mol. The molecular formula is C22H16BrNO2. The first kappa shape index (κ1) is 16.6. The van der Waals surface area contributed by atoms with Gasteiger partial charge in [0.2, 0.25) is 5.78 Å². The summed E-state index contributed by atoms with van der Waals surface area (Å²) in [5.74, 6) is 0.203. The highest BCUT2D eigenvalue weighted by Gasteiger charge is 2.21. The molecule has 0 aliphatic rings. The molecule has 1 aromatic heterocycles. The van der Waals surface area contributed by atoms with Crippen molar-refractivity contribution in [3.05, 3.63) is 100 Å². The summed E-state index contributed by atoms with van der Waals surface area (Å²) < 4.78 is 6.84. The van der Waals surface area contributed by atoms with Gasteiger partial charge in [-0.3, -0.25) is 4.79 Å². The monoisotopic (exact) mass is 405 g/mol. The van der Waals surface area contributed by atoms with Crippen LogP contribution in [0.1, 0.15) is 21.7 Å². The minimum absolute atomic E-state index is 0.135. The Bertz CT molecular complexity index is 1050. The molecule has 3 nitrogen and oxygen atoms in total. The third-order valence-corrected chi connectivity index (χ3v) is 4.75. The van der Waals surface area contributed by atoms with E-state index in [1.54, 1.807) is 12.1 Å². The predicted octanol–water partition coefficient (Wildman–Crippen LogP) is 6.04. The molecule has 26 heavy (non-hydrogen) atoms. The molecule has 0 saturated heterocycles. The Kier molecular flexibility index (Phi) is 4.59. The minimum Gasteiger partial charge on any atom is -0.450 e. The molecule has 0 bridgehead atoms. The van der Waals surface area contributed by atoms with Gasteiger partial charge in [0.25, 0.3) is 0 Å². The first-order valence-electron chi connectivity index (χ1n) is 8.32. The van der Waals surface area contributed by atoms with Crippen LogP contribution in [0.15, 0.2) is 87.8 Å². The Labute approximate surface area is 159 Å². The van der Waals surface area contributed by atoms with Crippen molar-refractivity contribution in [3.8, 4) is 0 Å². The van der Waals surface area contributed by atoms with Crippen LogP contribution in [0, 0.1) is 0 Å². The van der Waals surface area contributed by atoms with E-state index in [-0.39, 0.29) is 5.78 Å². The van der Waals surface area contributed by atoms with Gasteiger partial charge in [0.15, 0.2) is 5.76 Å². The van der Waals surface area contributed by atoms with Crippen molar-refractivity contribution >= 4 is 38.4 Å². The van der Waals surface area contributed by atoms with Crippen LogP contribution in [0.25, 0.3) is 11.0 Å². The molecule has 1 heterocycles. The van der Waals surface area contributed by atoms with Crippen LogP contribution in [-0.4, -0.2) is 5.78 Å². The van der Waals surface area contributed by atoms with E-state index < -0.39 is 0 Å². The molecule has 0 amide bonds. The predicted molar refractivity (Wildman–Crippen MR) is 108 cm³/mol. The van der Waals surface area contributed by atoms with E-state index in [0.29, 0.717) is 23.5 Å². The Morgan fingerprint density at radius 2 is 1.58 bits per heavy atom. The first-order valence-corrected chi connectivity index (χ1v) is 9.11. The fourth-order valence-corrected chi connectivity index (χ4v) is 3.16. The summed E-state index contributed by atoms with van der Waals surface area (Å²) in [7, 11) is 0. The molecule has 1 N–H and O–H groups in total. The van der Waals surface area contributed by atoms with Crippen molar-refractivity contribution in [2.75, 3.05) is 5.32 Å². The lowest BCUT2D eigenvalue weighted by molar-refractivity contribution is 0.101. The number of carbonyl (C=O) groups is 1. The molecule has 0 radical (unpaired) electrons. The normalized spacial score (nSPS) is 10.8. The number of anilines is 1. The number of hydrogen-bond acceptors (Lipinski definition) is 3. The van der Waals surface area contributed by atoms with Gasteiger partial charge in [-0.05, 0) is 42.0 Å². The summed E-state index contributed by atoms with van der Waals surface area (Å²) in [4.78, 5) is 13.0. The number of rotatable bonds is 5. The van der Waals surface area contributed by atoms with E-state index in [1.807, 2.05) is 66.7 Å². The summed E-state index contributed by atoms with van der Waals surface area (Å²) in [6.07, 6.45) is 0. The molecule has 0 fully saturated rings. The van der Waals surface area contributed by atoms with Crippen LogP contribution in [0.5, 0.6) is 0 Å². The minimum atomic E-state index is -0.135. The second-order valence-corrected chi connectivity index (χ2v) is 6.89. The highest BCUT2D eigenvalue weighted by Crippen LogP contribution is 2.33. The van der Waals surface area contributed by atoms with Crippen molar-refractivity contribution < 1.29 is 9.21 Å². The fourth-order valence-electron chi connectivity index (χ4n) is 2.90. The molecule has 0 unspecified atom stereocenters. The molecular weight excluding hydrogens is 390 g/mol. The van der Waals surface area contributed by atoms with Crippen molar-refractivity contribution in [1.82, 2.24) is 0 Å². The van der Waals surface area contributed by atoms with Gasteiger partial charge < -0.3 is 9.73 Å². The van der Waals surface area contributed by atoms with Gasteiger partial charge in [0.1, 0.15) is 5.58 Å². The first-order chi connectivity index (χ1) is 12.7. The zero-order valence-electron chi connectivity index (χ0n) is 13.9. The Morgan fingerprint density at radius 3 is 2.35 bits per heavy atom. The number of halogens is 1. The van der Waals surface area contributed by atoms with Crippen LogP contribution in [0.2, 0.25) is 0 Å². The molecule has 3 aromatic carbocycles. The van der Waals surface area contributed by atoms with E-state index in [2.05, 4.69) is 21.2 Å². The topological polar surface area (TPSA) is 42.2 Å². The molecule has 0 atom stereocenters. The van der Waals surface area contributed by atoms with Crippen molar-refractivity contribution in [1.29, 1.82) is 0 Å². The second kappa shape index (κ2) is 7.18. The average Bonchev–Trinajstić information content (AvgIpc) is 3.06. The number of para-hydroxylation sites is 1. The summed E-state index contributed by atoms with van der Waals surface area (Å²) >= 11 is 3.40. The van der Waals surface area contributed by atoms with Crippen LogP contribution in [0.4, 0.5) is 5.69 Å². The quantitative estimate of drug-likeness (QED) is 0.411. The molecule has 4 rings (SSSR count). The largest absolute Gasteiger partial charge is 0.450 e. The molecule has 4 heteroatoms. The van der Waals surface area contributed by atoms with E-state index in [1.165, 1.54) is 0 Å². The molecule has 0 saturated carbocycles. The maximum atomic E-state index is 13.0. The molecule has 128 valence electrons. The summed E-state index contributed by atoms with van der Waals surface area (Å²) in [6, 6.07) is 25.1. The van der Waals surface area contributed by atoms with Crippen LogP contribution in [0.3, 0.4) is 0 Å². The smallest absolute Gasteiger partial charge is 0.230 e. The standard InChI is InChI=1S/C22H16BrNO2/c23-17-12-10-16(11-13-17)21(25)22-20(18-8-4-5-9-19(18)26-22)24-14-15-6-2-1-3-7-15/h1-13,24H,14H2. The summed E-state index contributed by atoms with van der Waals surface area (Å²) in [5.41, 5.74) is 3.16. The van der Waals surface area contributed by atoms with E-state index in [4.69, 9.17) is 4.42 Å². The number of ketones is 1. The van der Waals surface area contributed by atoms with Gasteiger partial charge in [0.05, 0.1) is 5.69 Å². The SMILES string of the molecule is O=C(c1ccc(Br)cc1)c1oc2ccccc2c1NCc1ccccc1. The third kappa shape index (κ3) is 3.28. The van der Waals surface area contributed by atoms with Gasteiger partial charge in [-0.1, -0.05) is 58.4 Å². The number of furan rings is 1. The highest BCUT2D eigenvalue weighted by atomic mass is 79.9. The maximum absolute atomic E-state index is 13.0. The van der Waals surface area contributed by atoms with E-state index in [9.17, 15) is 4.79 Å². The lowest BCUT2D eigenvalue weighted by atomic mass is 10.1. The zero-order chi connectivity index (χ0) is 17.9. The van der Waals surface area contributed by atoms with Gasteiger partial charge >= 0.3 is 0 Å². The molecule has 0 spiro atoms. The number of carbonyl (C=O) groups excluding carboxylic acids is 1. The number of nitrogens with one attached hydrogen (secondary N) is 1. The Balaban J connectivity index is 1.73. The molecule has 0 aliphatic carbocycles. The van der Waals surface area contributed by atoms with E-state index >= 15 is 0 Å². The molecule has 4 aromatic rings. The van der Waals surface area contributed by atoms with Gasteiger partial charge in [-0.2, -0.15) is 0 Å². The second-order valence-electron chi connectivity index (χ2n) is 5.98. The lowest BCUT2D eigenvalue weighted by Crippen LogP contribution is -2.06. The Hall–Kier alpha value is -2.85. The van der Waals surface area contributed by atoms with Crippen LogP contribution < -0.4 is 5.32 Å². The summed E-state index contributed by atoms with van der Waals surface area (Å²) in [5, 5.41) is 4.30. The van der Waals surface area contributed by atoms with E-state index in [0.717, 1.165) is 21.1 Å². The number of benzene rings is 3. The third-order valence-electron chi connectivity index (χ3n) is 4.22. The van der Waals surface area contributed by atoms with Gasteiger partial charge in [-0.15, -0.1) is 0 Å². The fraction of sp³-hybridized carbons (Fsp3) is 0.0455. The maximum Gasteiger partial charge on any atom is 0.230 e. The lowest BCUT2D eigenvalue weighted by Gasteiger charge is -2.07. The van der Waals surface area contributed by atoms with Crippen LogP contribution >= 0.6 is 15.9 Å². The van der Waals surface area contributed by atoms with Gasteiger partial charge in [-0.25, -0.2) is 0 Å². The number of fused-ring (bicyclic) bond motifs is 1.